The van der Waals surface area contributed by atoms with Gasteiger partial charge in [0.15, 0.2) is 0 Å². The molecule has 34 heavy (non-hydrogen) atoms. The van der Waals surface area contributed by atoms with Crippen LogP contribution in [0.4, 0.5) is 5.00 Å². The lowest BCUT2D eigenvalue weighted by Gasteiger charge is -2.15. The molecule has 1 aromatic carbocycles. The molecule has 3 N–H and O–H groups in total. The van der Waals surface area contributed by atoms with Gasteiger partial charge in [-0.25, -0.2) is 0 Å². The van der Waals surface area contributed by atoms with Crippen LogP contribution in [0.3, 0.4) is 0 Å². The van der Waals surface area contributed by atoms with Gasteiger partial charge in [0.2, 0.25) is 5.91 Å². The van der Waals surface area contributed by atoms with Crippen LogP contribution in [-0.2, 0) is 25.6 Å². The van der Waals surface area contributed by atoms with Crippen LogP contribution in [0.2, 0.25) is 0 Å². The molecule has 0 spiro atoms. The highest BCUT2D eigenvalue weighted by Crippen LogP contribution is 2.34. The van der Waals surface area contributed by atoms with Crippen molar-refractivity contribution in [3.05, 3.63) is 70.0 Å². The highest BCUT2D eigenvalue weighted by molar-refractivity contribution is 7.22. The lowest BCUT2D eigenvalue weighted by Crippen LogP contribution is -2.27. The number of hydrogen-bond acceptors (Lipinski definition) is 9. The Morgan fingerprint density at radius 2 is 2.09 bits per heavy atom. The molecule has 1 saturated carbocycles. The minimum Gasteiger partial charge on any atom is -0.462 e. The number of nitrogens with one attached hydrogen (secondary N) is 1. The van der Waals surface area contributed by atoms with E-state index in [-0.39, 0.29) is 43.5 Å². The fraction of sp³-hybridized carbons (Fsp3) is 0.348. The van der Waals surface area contributed by atoms with Crippen LogP contribution in [0.1, 0.15) is 29.9 Å². The number of carbonyl (C=O) groups is 2. The van der Waals surface area contributed by atoms with Crippen LogP contribution in [0.25, 0.3) is 10.1 Å². The fourth-order valence-corrected chi connectivity index (χ4v) is 4.57. The van der Waals surface area contributed by atoms with E-state index in [0.29, 0.717) is 12.8 Å². The van der Waals surface area contributed by atoms with E-state index in [4.69, 9.17) is 10.5 Å². The van der Waals surface area contributed by atoms with Gasteiger partial charge in [-0.1, -0.05) is 24.3 Å². The van der Waals surface area contributed by atoms with Gasteiger partial charge in [-0.15, -0.1) is 21.5 Å². The van der Waals surface area contributed by atoms with Crippen LogP contribution in [-0.4, -0.2) is 41.2 Å². The molecule has 0 saturated heterocycles. The van der Waals surface area contributed by atoms with Gasteiger partial charge in [0.05, 0.1) is 15.6 Å². The van der Waals surface area contributed by atoms with Crippen LogP contribution in [0.15, 0.2) is 48.8 Å². The second-order valence-electron chi connectivity index (χ2n) is 8.09. The molecule has 1 amide bonds. The van der Waals surface area contributed by atoms with Gasteiger partial charge < -0.3 is 20.6 Å². The van der Waals surface area contributed by atoms with E-state index in [1.165, 1.54) is 11.3 Å². The van der Waals surface area contributed by atoms with E-state index in [9.17, 15) is 19.7 Å². The number of amides is 1. The SMILES string of the molecule is NC[C@@H](C(=O)Nc1cc2ccncc2s1)c1ccc(CCC(=O)O[C@H]2C[C@H]2CO[N+](=O)[O-])cc1. The Balaban J connectivity index is 1.26. The molecule has 0 aliphatic heterocycles. The average Bonchev–Trinajstić information content (AvgIpc) is 3.42. The molecule has 4 rings (SSSR count). The number of fused-ring (bicyclic) bond motifs is 1. The second-order valence-corrected chi connectivity index (χ2v) is 9.17. The summed E-state index contributed by atoms with van der Waals surface area (Å²) in [6, 6.07) is 11.2. The molecule has 1 aliphatic rings. The smallest absolute Gasteiger partial charge is 0.306 e. The van der Waals surface area contributed by atoms with Gasteiger partial charge >= 0.3 is 5.97 Å². The minimum atomic E-state index is -0.846. The summed E-state index contributed by atoms with van der Waals surface area (Å²) >= 11 is 1.46. The van der Waals surface area contributed by atoms with E-state index in [1.807, 2.05) is 36.4 Å². The normalized spacial score (nSPS) is 17.7. The Morgan fingerprint density at radius 1 is 1.29 bits per heavy atom. The molecule has 3 aromatic rings. The molecule has 11 heteroatoms. The molecule has 0 bridgehead atoms. The van der Waals surface area contributed by atoms with Gasteiger partial charge in [0.25, 0.3) is 5.09 Å². The maximum absolute atomic E-state index is 12.8. The number of aryl methyl sites for hydroxylation is 1. The summed E-state index contributed by atoms with van der Waals surface area (Å²) in [6.45, 7) is 0.106. The van der Waals surface area contributed by atoms with Crippen LogP contribution in [0, 0.1) is 16.0 Å². The van der Waals surface area contributed by atoms with Crippen LogP contribution in [0.5, 0.6) is 0 Å². The topological polar surface area (TPSA) is 147 Å². The van der Waals surface area contributed by atoms with E-state index >= 15 is 0 Å². The van der Waals surface area contributed by atoms with Gasteiger partial charge in [-0.3, -0.25) is 14.6 Å². The molecular formula is C23H24N4O6S. The summed E-state index contributed by atoms with van der Waals surface area (Å²) in [5.74, 6) is -1.15. The number of ether oxygens (including phenoxy) is 1. The quantitative estimate of drug-likeness (QED) is 0.240. The molecule has 0 unspecified atom stereocenters. The summed E-state index contributed by atoms with van der Waals surface area (Å²) in [7, 11) is 0. The lowest BCUT2D eigenvalue weighted by atomic mass is 9.96. The number of pyridine rings is 1. The Bertz CT molecular complexity index is 1150. The molecule has 2 aromatic heterocycles. The van der Waals surface area contributed by atoms with Crippen molar-refractivity contribution >= 4 is 38.3 Å². The monoisotopic (exact) mass is 484 g/mol. The Labute approximate surface area is 199 Å². The van der Waals surface area contributed by atoms with Crippen LogP contribution >= 0.6 is 11.3 Å². The number of aromatic nitrogens is 1. The van der Waals surface area contributed by atoms with E-state index in [2.05, 4.69) is 15.1 Å². The molecule has 1 aliphatic carbocycles. The van der Waals surface area contributed by atoms with Gasteiger partial charge in [-0.05, 0) is 41.5 Å². The first-order valence-electron chi connectivity index (χ1n) is 10.8. The second kappa shape index (κ2) is 10.6. The van der Waals surface area contributed by atoms with Crippen LogP contribution < -0.4 is 11.1 Å². The summed E-state index contributed by atoms with van der Waals surface area (Å²) in [4.78, 5) is 43.5. The van der Waals surface area contributed by atoms with E-state index < -0.39 is 11.0 Å². The van der Waals surface area contributed by atoms with Crippen molar-refractivity contribution in [3.8, 4) is 0 Å². The van der Waals surface area contributed by atoms with Crippen molar-refractivity contribution < 1.29 is 24.3 Å². The fourth-order valence-electron chi connectivity index (χ4n) is 3.64. The molecule has 178 valence electrons. The largest absolute Gasteiger partial charge is 0.462 e. The minimum absolute atomic E-state index is 0.0532. The molecule has 1 fully saturated rings. The number of nitrogens with zero attached hydrogens (tertiary/aromatic N) is 2. The first-order valence-corrected chi connectivity index (χ1v) is 11.6. The van der Waals surface area contributed by atoms with E-state index in [1.54, 1.807) is 12.4 Å². The van der Waals surface area contributed by atoms with Crippen molar-refractivity contribution in [3.63, 3.8) is 0 Å². The Hall–Kier alpha value is -3.57. The van der Waals surface area contributed by atoms with Gasteiger partial charge in [0.1, 0.15) is 12.7 Å². The lowest BCUT2D eigenvalue weighted by molar-refractivity contribution is -0.758. The van der Waals surface area contributed by atoms with Crippen molar-refractivity contribution in [1.82, 2.24) is 4.98 Å². The summed E-state index contributed by atoms with van der Waals surface area (Å²) in [6.07, 6.45) is 4.42. The predicted octanol–water partition coefficient (Wildman–Crippen LogP) is 3.05. The highest BCUT2D eigenvalue weighted by Gasteiger charge is 2.41. The maximum atomic E-state index is 12.8. The van der Waals surface area contributed by atoms with Crippen molar-refractivity contribution in [2.24, 2.45) is 11.7 Å². The standard InChI is InChI=1S/C23H24N4O6S/c24-11-18(23(29)26-21-10-16-7-8-25-12-20(16)34-21)15-4-1-14(2-5-15)3-6-22(28)33-19-9-17(19)13-32-27(30)31/h1-2,4-5,7-8,10,12,17-19H,3,6,9,11,13,24H2,(H,26,29)/t17-,18+,19-/m0/s1. The van der Waals surface area contributed by atoms with Crippen molar-refractivity contribution in [1.29, 1.82) is 0 Å². The zero-order valence-electron chi connectivity index (χ0n) is 18.2. The third kappa shape index (κ3) is 6.06. The first-order chi connectivity index (χ1) is 16.4. The molecule has 0 radical (unpaired) electrons. The average molecular weight is 485 g/mol. The summed E-state index contributed by atoms with van der Waals surface area (Å²) in [5, 5.41) is 14.1. The third-order valence-corrected chi connectivity index (χ3v) is 6.66. The molecule has 3 atom stereocenters. The maximum Gasteiger partial charge on any atom is 0.306 e. The molecular weight excluding hydrogens is 460 g/mol. The number of nitrogens with two attached hydrogens (primary N) is 1. The predicted molar refractivity (Wildman–Crippen MR) is 126 cm³/mol. The summed E-state index contributed by atoms with van der Waals surface area (Å²) in [5.41, 5.74) is 7.62. The van der Waals surface area contributed by atoms with E-state index in [0.717, 1.165) is 26.2 Å². The summed E-state index contributed by atoms with van der Waals surface area (Å²) < 4.78 is 6.30. The molecule has 2 heterocycles. The number of carbonyl (C=O) groups excluding carboxylic acids is 2. The Kier molecular flexibility index (Phi) is 7.33. The zero-order valence-corrected chi connectivity index (χ0v) is 19.0. The van der Waals surface area contributed by atoms with Crippen molar-refractivity contribution in [2.75, 3.05) is 18.5 Å². The van der Waals surface area contributed by atoms with Gasteiger partial charge in [-0.2, -0.15) is 0 Å². The van der Waals surface area contributed by atoms with Gasteiger partial charge in [0, 0.05) is 31.3 Å². The number of rotatable bonds is 11. The number of hydrogen-bond donors (Lipinski definition) is 2. The molecule has 10 nitrogen and oxygen atoms in total. The van der Waals surface area contributed by atoms with Crippen molar-refractivity contribution in [2.45, 2.75) is 31.3 Å². The number of esters is 1. The number of benzene rings is 1. The highest BCUT2D eigenvalue weighted by atomic mass is 32.1. The first kappa shape index (κ1) is 23.6. The number of anilines is 1. The zero-order chi connectivity index (χ0) is 24.1. The number of thiophene rings is 1. The Morgan fingerprint density at radius 3 is 2.79 bits per heavy atom. The third-order valence-electron chi connectivity index (χ3n) is 5.66.